The summed E-state index contributed by atoms with van der Waals surface area (Å²) in [5, 5.41) is 19.1. The zero-order valence-electron chi connectivity index (χ0n) is 20.2. The number of nitrogens with zero attached hydrogens (tertiary/aromatic N) is 5. The van der Waals surface area contributed by atoms with Crippen molar-refractivity contribution in [1.29, 1.82) is 0 Å². The Bertz CT molecular complexity index is 1420. The van der Waals surface area contributed by atoms with Crippen molar-refractivity contribution in [2.24, 2.45) is 0 Å². The summed E-state index contributed by atoms with van der Waals surface area (Å²) < 4.78 is 1.66. The van der Waals surface area contributed by atoms with Crippen molar-refractivity contribution < 1.29 is 9.59 Å². The van der Waals surface area contributed by atoms with E-state index >= 15 is 0 Å². The zero-order valence-corrected chi connectivity index (χ0v) is 21.0. The highest BCUT2D eigenvalue weighted by atomic mass is 32.1. The minimum absolute atomic E-state index is 0.0673. The van der Waals surface area contributed by atoms with Crippen LogP contribution in [-0.2, 0) is 11.3 Å². The third-order valence-electron chi connectivity index (χ3n) is 6.47. The molecule has 10 nitrogen and oxygen atoms in total. The van der Waals surface area contributed by atoms with E-state index < -0.39 is 0 Å². The average Bonchev–Trinajstić information content (AvgIpc) is 3.58. The van der Waals surface area contributed by atoms with E-state index in [2.05, 4.69) is 44.8 Å². The van der Waals surface area contributed by atoms with Gasteiger partial charge in [0.15, 0.2) is 10.9 Å². The normalized spacial score (nSPS) is 15.0. The van der Waals surface area contributed by atoms with Crippen LogP contribution in [0.3, 0.4) is 0 Å². The van der Waals surface area contributed by atoms with Crippen molar-refractivity contribution in [3.05, 3.63) is 46.7 Å². The van der Waals surface area contributed by atoms with E-state index in [1.807, 2.05) is 37.1 Å². The van der Waals surface area contributed by atoms with E-state index in [-0.39, 0.29) is 23.9 Å². The van der Waals surface area contributed by atoms with Gasteiger partial charge in [-0.05, 0) is 52.2 Å². The van der Waals surface area contributed by atoms with Crippen LogP contribution in [0.4, 0.5) is 16.6 Å². The Balaban J connectivity index is 1.26. The SMILES string of the molecule is Cc1cn(CC(=O)N2CCCC2(C)C)nc1Nc1ncc(C(=O)Nc2c(C)ccc3[nH]ncc23)s1. The summed E-state index contributed by atoms with van der Waals surface area (Å²) in [6, 6.07) is 3.87. The van der Waals surface area contributed by atoms with Crippen LogP contribution in [0.15, 0.2) is 30.7 Å². The van der Waals surface area contributed by atoms with Crippen LogP contribution in [0.5, 0.6) is 0 Å². The van der Waals surface area contributed by atoms with E-state index in [4.69, 9.17) is 0 Å². The Morgan fingerprint density at radius 3 is 2.80 bits per heavy atom. The number of amides is 2. The summed E-state index contributed by atoms with van der Waals surface area (Å²) in [7, 11) is 0. The predicted molar refractivity (Wildman–Crippen MR) is 136 cm³/mol. The number of hydrogen-bond donors (Lipinski definition) is 3. The first-order valence-electron chi connectivity index (χ1n) is 11.5. The molecule has 0 saturated carbocycles. The summed E-state index contributed by atoms with van der Waals surface area (Å²) >= 11 is 1.24. The largest absolute Gasteiger partial charge is 0.336 e. The standard InChI is InChI=1S/C24H28N8O2S/c1-14-6-7-17-16(10-26-29-17)20(14)27-22(34)18-11-25-23(35-18)28-21-15(2)12-31(30-21)13-19(33)32-9-5-8-24(32,3)4/h6-7,10-12H,5,8-9,13H2,1-4H3,(H,26,29)(H,27,34)(H,25,28,30). The molecule has 0 atom stereocenters. The van der Waals surface area contributed by atoms with Crippen LogP contribution in [0, 0.1) is 13.8 Å². The third kappa shape index (κ3) is 4.51. The summed E-state index contributed by atoms with van der Waals surface area (Å²) in [4.78, 5) is 32.5. The number of thiazole rings is 1. The van der Waals surface area contributed by atoms with Gasteiger partial charge in [0, 0.05) is 29.2 Å². The number of fused-ring (bicyclic) bond motifs is 1. The quantitative estimate of drug-likeness (QED) is 0.370. The lowest BCUT2D eigenvalue weighted by molar-refractivity contribution is -0.135. The molecular weight excluding hydrogens is 464 g/mol. The van der Waals surface area contributed by atoms with E-state index in [9.17, 15) is 9.59 Å². The van der Waals surface area contributed by atoms with Crippen LogP contribution in [0.25, 0.3) is 10.9 Å². The van der Waals surface area contributed by atoms with Crippen LogP contribution in [0.2, 0.25) is 0 Å². The Morgan fingerprint density at radius 2 is 2.03 bits per heavy atom. The van der Waals surface area contributed by atoms with Gasteiger partial charge in [-0.3, -0.25) is 19.4 Å². The molecule has 35 heavy (non-hydrogen) atoms. The second kappa shape index (κ2) is 8.81. The van der Waals surface area contributed by atoms with E-state index in [1.165, 1.54) is 11.3 Å². The van der Waals surface area contributed by atoms with Gasteiger partial charge in [0.1, 0.15) is 11.4 Å². The lowest BCUT2D eigenvalue weighted by Crippen LogP contribution is -2.44. The zero-order chi connectivity index (χ0) is 24.7. The number of carbonyl (C=O) groups excluding carboxylic acids is 2. The molecule has 1 aliphatic heterocycles. The molecule has 3 aromatic heterocycles. The highest BCUT2D eigenvalue weighted by molar-refractivity contribution is 7.17. The number of benzene rings is 1. The molecule has 3 N–H and O–H groups in total. The highest BCUT2D eigenvalue weighted by Crippen LogP contribution is 2.30. The smallest absolute Gasteiger partial charge is 0.267 e. The highest BCUT2D eigenvalue weighted by Gasteiger charge is 2.35. The maximum absolute atomic E-state index is 12.9. The molecule has 0 unspecified atom stereocenters. The lowest BCUT2D eigenvalue weighted by atomic mass is 10.0. The maximum atomic E-state index is 12.9. The van der Waals surface area contributed by atoms with Crippen molar-refractivity contribution in [3.63, 3.8) is 0 Å². The molecule has 2 amide bonds. The molecule has 0 bridgehead atoms. The topological polar surface area (TPSA) is 121 Å². The predicted octanol–water partition coefficient (Wildman–Crippen LogP) is 4.23. The van der Waals surface area contributed by atoms with Gasteiger partial charge in [-0.15, -0.1) is 0 Å². The number of likely N-dealkylation sites (tertiary alicyclic amines) is 1. The number of H-pyrrole nitrogens is 1. The second-order valence-corrected chi connectivity index (χ2v) is 10.5. The number of aromatic nitrogens is 5. The first-order chi connectivity index (χ1) is 16.7. The summed E-state index contributed by atoms with van der Waals surface area (Å²) in [5.41, 5.74) is 3.31. The second-order valence-electron chi connectivity index (χ2n) is 9.52. The van der Waals surface area contributed by atoms with Crippen LogP contribution in [0.1, 0.15) is 47.5 Å². The molecule has 5 rings (SSSR count). The summed E-state index contributed by atoms with van der Waals surface area (Å²) in [6.45, 7) is 9.05. The van der Waals surface area contributed by atoms with Gasteiger partial charge < -0.3 is 15.5 Å². The molecule has 0 radical (unpaired) electrons. The summed E-state index contributed by atoms with van der Waals surface area (Å²) in [5.74, 6) is 0.435. The van der Waals surface area contributed by atoms with Gasteiger partial charge >= 0.3 is 0 Å². The molecule has 1 aromatic carbocycles. The van der Waals surface area contributed by atoms with Crippen molar-refractivity contribution >= 4 is 50.7 Å². The molecule has 0 aliphatic carbocycles. The number of rotatable bonds is 6. The van der Waals surface area contributed by atoms with Crippen LogP contribution < -0.4 is 10.6 Å². The molecule has 0 spiro atoms. The lowest BCUT2D eigenvalue weighted by Gasteiger charge is -2.31. The van der Waals surface area contributed by atoms with Crippen molar-refractivity contribution in [2.75, 3.05) is 17.2 Å². The number of hydrogen-bond acceptors (Lipinski definition) is 7. The molecule has 4 heterocycles. The Kier molecular flexibility index (Phi) is 5.79. The molecule has 4 aromatic rings. The Hall–Kier alpha value is -3.73. The fraction of sp³-hybridized carbons (Fsp3) is 0.375. The molecular formula is C24H28N8O2S. The van der Waals surface area contributed by atoms with Crippen molar-refractivity contribution in [2.45, 2.75) is 52.6 Å². The van der Waals surface area contributed by atoms with Crippen molar-refractivity contribution in [1.82, 2.24) is 29.9 Å². The average molecular weight is 493 g/mol. The van der Waals surface area contributed by atoms with Gasteiger partial charge in [0.25, 0.3) is 5.91 Å². The Labute approximate surface area is 206 Å². The molecule has 1 aliphatic rings. The summed E-state index contributed by atoms with van der Waals surface area (Å²) in [6.07, 6.45) is 7.13. The fourth-order valence-corrected chi connectivity index (χ4v) is 5.24. The van der Waals surface area contributed by atoms with Crippen LogP contribution in [-0.4, -0.2) is 53.8 Å². The van der Waals surface area contributed by atoms with Gasteiger partial charge in [-0.1, -0.05) is 17.4 Å². The molecule has 1 saturated heterocycles. The number of anilines is 3. The number of aryl methyl sites for hydroxylation is 2. The maximum Gasteiger partial charge on any atom is 0.267 e. The van der Waals surface area contributed by atoms with E-state index in [0.717, 1.165) is 47.1 Å². The third-order valence-corrected chi connectivity index (χ3v) is 7.38. The first-order valence-corrected chi connectivity index (χ1v) is 12.3. The van der Waals surface area contributed by atoms with Gasteiger partial charge in [0.2, 0.25) is 5.91 Å². The van der Waals surface area contributed by atoms with Crippen molar-refractivity contribution in [3.8, 4) is 0 Å². The van der Waals surface area contributed by atoms with Gasteiger partial charge in [-0.2, -0.15) is 10.2 Å². The minimum Gasteiger partial charge on any atom is -0.336 e. The first kappa shape index (κ1) is 23.0. The molecule has 11 heteroatoms. The number of nitrogens with one attached hydrogen (secondary N) is 3. The monoisotopic (exact) mass is 492 g/mol. The van der Waals surface area contributed by atoms with E-state index in [0.29, 0.717) is 15.8 Å². The molecule has 1 fully saturated rings. The number of carbonyl (C=O) groups is 2. The van der Waals surface area contributed by atoms with E-state index in [1.54, 1.807) is 17.1 Å². The number of aromatic amines is 1. The Morgan fingerprint density at radius 1 is 1.20 bits per heavy atom. The van der Waals surface area contributed by atoms with Gasteiger partial charge in [0.05, 0.1) is 23.6 Å². The molecule has 182 valence electrons. The van der Waals surface area contributed by atoms with Gasteiger partial charge in [-0.25, -0.2) is 4.98 Å². The fourth-order valence-electron chi connectivity index (χ4n) is 4.52. The minimum atomic E-state index is -0.242. The van der Waals surface area contributed by atoms with Crippen LogP contribution >= 0.6 is 11.3 Å².